The molecule has 19 heavy (non-hydrogen) atoms. The van der Waals surface area contributed by atoms with Crippen molar-refractivity contribution in [1.82, 2.24) is 15.5 Å². The fourth-order valence-corrected chi connectivity index (χ4v) is 2.03. The van der Waals surface area contributed by atoms with Gasteiger partial charge >= 0.3 is 0 Å². The maximum absolute atomic E-state index is 12.0. The number of hydrogen-bond acceptors (Lipinski definition) is 4. The Bertz CT molecular complexity index is 302. The van der Waals surface area contributed by atoms with Crippen molar-refractivity contribution in [2.45, 2.75) is 26.8 Å². The van der Waals surface area contributed by atoms with Gasteiger partial charge in [-0.2, -0.15) is 0 Å². The van der Waals surface area contributed by atoms with E-state index in [1.807, 2.05) is 13.8 Å². The first kappa shape index (κ1) is 15.9. The Labute approximate surface area is 114 Å². The van der Waals surface area contributed by atoms with E-state index in [-0.39, 0.29) is 17.7 Å². The Kier molecular flexibility index (Phi) is 6.80. The standard InChI is InChI=1S/C13H25N3O3/c1-10(2)12(15-11(3)17)13(18)14-4-5-16-6-8-19-9-7-16/h10,12H,4-9H2,1-3H3,(H,14,18)(H,15,17). The summed E-state index contributed by atoms with van der Waals surface area (Å²) in [5.41, 5.74) is 0. The zero-order valence-corrected chi connectivity index (χ0v) is 12.1. The first-order valence-corrected chi connectivity index (χ1v) is 6.85. The third kappa shape index (κ3) is 6.02. The van der Waals surface area contributed by atoms with E-state index < -0.39 is 6.04 Å². The predicted molar refractivity (Wildman–Crippen MR) is 72.7 cm³/mol. The molecule has 1 saturated heterocycles. The van der Waals surface area contributed by atoms with Gasteiger partial charge in [0.25, 0.3) is 0 Å². The number of amides is 2. The number of carbonyl (C=O) groups is 2. The van der Waals surface area contributed by atoms with Gasteiger partial charge in [0.15, 0.2) is 0 Å². The maximum Gasteiger partial charge on any atom is 0.242 e. The molecule has 1 unspecified atom stereocenters. The van der Waals surface area contributed by atoms with Crippen molar-refractivity contribution in [3.05, 3.63) is 0 Å². The third-order valence-corrected chi connectivity index (χ3v) is 3.14. The molecule has 0 bridgehead atoms. The number of carbonyl (C=O) groups excluding carboxylic acids is 2. The molecule has 110 valence electrons. The highest BCUT2D eigenvalue weighted by atomic mass is 16.5. The fourth-order valence-electron chi connectivity index (χ4n) is 2.03. The van der Waals surface area contributed by atoms with Crippen LogP contribution in [0, 0.1) is 5.92 Å². The molecule has 0 aliphatic carbocycles. The smallest absolute Gasteiger partial charge is 0.242 e. The van der Waals surface area contributed by atoms with Crippen LogP contribution in [0.2, 0.25) is 0 Å². The molecule has 0 aromatic rings. The van der Waals surface area contributed by atoms with Crippen molar-refractivity contribution in [1.29, 1.82) is 0 Å². The van der Waals surface area contributed by atoms with E-state index >= 15 is 0 Å². The second-order valence-electron chi connectivity index (χ2n) is 5.17. The van der Waals surface area contributed by atoms with Gasteiger partial charge in [0, 0.05) is 33.1 Å². The van der Waals surface area contributed by atoms with Crippen molar-refractivity contribution in [3.8, 4) is 0 Å². The minimum absolute atomic E-state index is 0.0762. The highest BCUT2D eigenvalue weighted by Gasteiger charge is 2.22. The summed E-state index contributed by atoms with van der Waals surface area (Å²) in [7, 11) is 0. The molecule has 0 saturated carbocycles. The minimum atomic E-state index is -0.456. The van der Waals surface area contributed by atoms with Crippen molar-refractivity contribution in [3.63, 3.8) is 0 Å². The summed E-state index contributed by atoms with van der Waals surface area (Å²) in [4.78, 5) is 25.3. The van der Waals surface area contributed by atoms with Crippen molar-refractivity contribution < 1.29 is 14.3 Å². The summed E-state index contributed by atoms with van der Waals surface area (Å²) in [5, 5.41) is 5.56. The molecule has 1 fully saturated rings. The molecule has 6 nitrogen and oxygen atoms in total. The van der Waals surface area contributed by atoms with Gasteiger partial charge in [-0.1, -0.05) is 13.8 Å². The first-order valence-electron chi connectivity index (χ1n) is 6.85. The zero-order valence-electron chi connectivity index (χ0n) is 12.1. The lowest BCUT2D eigenvalue weighted by molar-refractivity contribution is -0.129. The van der Waals surface area contributed by atoms with Crippen LogP contribution in [0.4, 0.5) is 0 Å². The molecule has 6 heteroatoms. The second-order valence-corrected chi connectivity index (χ2v) is 5.17. The molecule has 1 rings (SSSR count). The highest BCUT2D eigenvalue weighted by Crippen LogP contribution is 2.02. The van der Waals surface area contributed by atoms with Crippen LogP contribution in [0.5, 0.6) is 0 Å². The van der Waals surface area contributed by atoms with Gasteiger partial charge in [0.2, 0.25) is 11.8 Å². The van der Waals surface area contributed by atoms with E-state index in [1.54, 1.807) is 0 Å². The van der Waals surface area contributed by atoms with Gasteiger partial charge in [-0.3, -0.25) is 14.5 Å². The quantitative estimate of drug-likeness (QED) is 0.689. The summed E-state index contributed by atoms with van der Waals surface area (Å²) in [6, 6.07) is -0.456. The largest absolute Gasteiger partial charge is 0.379 e. The van der Waals surface area contributed by atoms with Crippen LogP contribution in [0.15, 0.2) is 0 Å². The molecular weight excluding hydrogens is 246 g/mol. The summed E-state index contributed by atoms with van der Waals surface area (Å²) < 4.78 is 5.26. The maximum atomic E-state index is 12.0. The van der Waals surface area contributed by atoms with Crippen LogP contribution < -0.4 is 10.6 Å². The Balaban J connectivity index is 2.29. The van der Waals surface area contributed by atoms with Crippen LogP contribution in [0.25, 0.3) is 0 Å². The average molecular weight is 271 g/mol. The molecule has 1 atom stereocenters. The Hall–Kier alpha value is -1.14. The van der Waals surface area contributed by atoms with E-state index in [4.69, 9.17) is 4.74 Å². The third-order valence-electron chi connectivity index (χ3n) is 3.14. The Morgan fingerprint density at radius 2 is 1.89 bits per heavy atom. The number of nitrogens with one attached hydrogen (secondary N) is 2. The van der Waals surface area contributed by atoms with Crippen LogP contribution in [0.3, 0.4) is 0 Å². The Morgan fingerprint density at radius 1 is 1.26 bits per heavy atom. The fraction of sp³-hybridized carbons (Fsp3) is 0.846. The molecule has 0 radical (unpaired) electrons. The molecule has 1 aliphatic heterocycles. The van der Waals surface area contributed by atoms with E-state index in [0.717, 1.165) is 32.8 Å². The minimum Gasteiger partial charge on any atom is -0.379 e. The predicted octanol–water partition coefficient (Wildman–Crippen LogP) is -0.404. The van der Waals surface area contributed by atoms with E-state index in [1.165, 1.54) is 6.92 Å². The normalized spacial score (nSPS) is 18.1. The van der Waals surface area contributed by atoms with Gasteiger partial charge in [-0.05, 0) is 5.92 Å². The molecule has 2 N–H and O–H groups in total. The second kappa shape index (κ2) is 8.12. The van der Waals surface area contributed by atoms with Crippen molar-refractivity contribution >= 4 is 11.8 Å². The number of morpholine rings is 1. The number of ether oxygens (including phenoxy) is 1. The van der Waals surface area contributed by atoms with E-state index in [9.17, 15) is 9.59 Å². The first-order chi connectivity index (χ1) is 9.00. The molecule has 1 heterocycles. The van der Waals surface area contributed by atoms with Gasteiger partial charge in [0.05, 0.1) is 13.2 Å². The summed E-state index contributed by atoms with van der Waals surface area (Å²) >= 11 is 0. The molecule has 0 aromatic carbocycles. The summed E-state index contributed by atoms with van der Waals surface area (Å²) in [6.07, 6.45) is 0. The molecule has 0 spiro atoms. The van der Waals surface area contributed by atoms with Gasteiger partial charge in [-0.25, -0.2) is 0 Å². The molecular formula is C13H25N3O3. The Morgan fingerprint density at radius 3 is 2.42 bits per heavy atom. The van der Waals surface area contributed by atoms with Gasteiger partial charge < -0.3 is 15.4 Å². The molecule has 1 aliphatic rings. The SMILES string of the molecule is CC(=O)NC(C(=O)NCCN1CCOCC1)C(C)C. The van der Waals surface area contributed by atoms with Crippen LogP contribution in [-0.2, 0) is 14.3 Å². The lowest BCUT2D eigenvalue weighted by Crippen LogP contribution is -2.50. The zero-order chi connectivity index (χ0) is 14.3. The van der Waals surface area contributed by atoms with Crippen LogP contribution in [0.1, 0.15) is 20.8 Å². The van der Waals surface area contributed by atoms with Crippen LogP contribution in [-0.4, -0.2) is 62.1 Å². The lowest BCUT2D eigenvalue weighted by atomic mass is 10.0. The van der Waals surface area contributed by atoms with Crippen LogP contribution >= 0.6 is 0 Å². The number of rotatable bonds is 6. The van der Waals surface area contributed by atoms with Crippen molar-refractivity contribution in [2.24, 2.45) is 5.92 Å². The van der Waals surface area contributed by atoms with Crippen molar-refractivity contribution in [2.75, 3.05) is 39.4 Å². The number of nitrogens with zero attached hydrogens (tertiary/aromatic N) is 1. The lowest BCUT2D eigenvalue weighted by Gasteiger charge is -2.27. The summed E-state index contributed by atoms with van der Waals surface area (Å²) in [5.74, 6) is -0.215. The topological polar surface area (TPSA) is 70.7 Å². The number of hydrogen-bond donors (Lipinski definition) is 2. The monoisotopic (exact) mass is 271 g/mol. The van der Waals surface area contributed by atoms with Gasteiger partial charge in [-0.15, -0.1) is 0 Å². The van der Waals surface area contributed by atoms with E-state index in [2.05, 4.69) is 15.5 Å². The highest BCUT2D eigenvalue weighted by molar-refractivity contribution is 5.86. The molecule has 0 aromatic heterocycles. The van der Waals surface area contributed by atoms with Gasteiger partial charge in [0.1, 0.15) is 6.04 Å². The summed E-state index contributed by atoms with van der Waals surface area (Å²) in [6.45, 7) is 10.0. The molecule has 2 amide bonds. The average Bonchev–Trinajstić information content (AvgIpc) is 2.36. The van der Waals surface area contributed by atoms with E-state index in [0.29, 0.717) is 6.54 Å².